The summed E-state index contributed by atoms with van der Waals surface area (Å²) in [6.07, 6.45) is 10.2. The van der Waals surface area contributed by atoms with Crippen molar-refractivity contribution >= 4 is 0 Å². The van der Waals surface area contributed by atoms with Crippen molar-refractivity contribution in [2.75, 3.05) is 19.6 Å². The van der Waals surface area contributed by atoms with E-state index in [1.807, 2.05) is 12.1 Å². The van der Waals surface area contributed by atoms with Crippen LogP contribution in [0, 0.1) is 5.92 Å². The lowest BCUT2D eigenvalue weighted by Crippen LogP contribution is -2.50. The molecule has 0 aromatic carbocycles. The molecule has 4 rings (SSSR count). The quantitative estimate of drug-likeness (QED) is 0.888. The molecule has 1 aliphatic carbocycles. The van der Waals surface area contributed by atoms with E-state index < -0.39 is 5.60 Å². The number of likely N-dealkylation sites (tertiary alicyclic amines) is 1. The number of aliphatic hydroxyl groups is 1. The molecule has 6 nitrogen and oxygen atoms in total. The van der Waals surface area contributed by atoms with Crippen LogP contribution in [0.5, 0.6) is 0 Å². The van der Waals surface area contributed by atoms with Crippen molar-refractivity contribution < 1.29 is 5.11 Å². The predicted molar refractivity (Wildman–Crippen MR) is 99.7 cm³/mol. The summed E-state index contributed by atoms with van der Waals surface area (Å²) < 4.78 is 1.73. The normalized spacial score (nSPS) is 20.7. The van der Waals surface area contributed by atoms with Gasteiger partial charge in [-0.1, -0.05) is 0 Å². The minimum Gasteiger partial charge on any atom is -0.389 e. The maximum Gasteiger partial charge on any atom is 0.253 e. The van der Waals surface area contributed by atoms with Crippen molar-refractivity contribution in [2.45, 2.75) is 44.2 Å². The van der Waals surface area contributed by atoms with Gasteiger partial charge in [0, 0.05) is 37.1 Å². The van der Waals surface area contributed by atoms with Gasteiger partial charge in [-0.05, 0) is 63.2 Å². The first-order chi connectivity index (χ1) is 12.6. The zero-order chi connectivity index (χ0) is 18.0. The van der Waals surface area contributed by atoms with E-state index in [1.54, 1.807) is 29.4 Å². The Balaban J connectivity index is 1.34. The SMILES string of the molecule is O=c1cc(-c2ccncc2)ncn1CC1CCN(CC2(O)CCC2)CC1. The molecule has 1 N–H and O–H groups in total. The van der Waals surface area contributed by atoms with Crippen LogP contribution in [0.3, 0.4) is 0 Å². The molecule has 0 unspecified atom stereocenters. The van der Waals surface area contributed by atoms with Crippen molar-refractivity contribution in [3.05, 3.63) is 47.3 Å². The predicted octanol–water partition coefficient (Wildman–Crippen LogP) is 1.93. The number of hydrogen-bond donors (Lipinski definition) is 1. The van der Waals surface area contributed by atoms with E-state index in [9.17, 15) is 9.90 Å². The van der Waals surface area contributed by atoms with Gasteiger partial charge in [0.2, 0.25) is 0 Å². The molecule has 1 saturated carbocycles. The van der Waals surface area contributed by atoms with Gasteiger partial charge in [-0.15, -0.1) is 0 Å². The molecule has 2 aromatic rings. The molecule has 0 bridgehead atoms. The summed E-state index contributed by atoms with van der Waals surface area (Å²) in [6, 6.07) is 5.33. The molecule has 138 valence electrons. The Bertz CT molecular complexity index is 793. The van der Waals surface area contributed by atoms with Crippen LogP contribution in [0.15, 0.2) is 41.7 Å². The van der Waals surface area contributed by atoms with E-state index in [-0.39, 0.29) is 5.56 Å². The van der Waals surface area contributed by atoms with E-state index in [0.717, 1.165) is 63.8 Å². The fourth-order valence-electron chi connectivity index (χ4n) is 4.01. The minimum atomic E-state index is -0.434. The third-order valence-corrected chi connectivity index (χ3v) is 5.82. The Morgan fingerprint density at radius 1 is 1.19 bits per heavy atom. The second kappa shape index (κ2) is 7.29. The van der Waals surface area contributed by atoms with E-state index in [1.165, 1.54) is 0 Å². The molecule has 26 heavy (non-hydrogen) atoms. The average Bonchev–Trinajstić information content (AvgIpc) is 2.64. The van der Waals surface area contributed by atoms with Crippen molar-refractivity contribution in [2.24, 2.45) is 5.92 Å². The fourth-order valence-corrected chi connectivity index (χ4v) is 4.01. The molecule has 0 atom stereocenters. The molecule has 2 aliphatic rings. The monoisotopic (exact) mass is 354 g/mol. The van der Waals surface area contributed by atoms with E-state index in [2.05, 4.69) is 14.9 Å². The molecule has 1 aliphatic heterocycles. The molecule has 0 amide bonds. The first kappa shape index (κ1) is 17.4. The Hall–Kier alpha value is -2.05. The Labute approximate surface area is 153 Å². The van der Waals surface area contributed by atoms with Gasteiger partial charge < -0.3 is 10.0 Å². The lowest BCUT2D eigenvalue weighted by atomic mass is 9.79. The number of rotatable bonds is 5. The standard InChI is InChI=1S/C20H26N4O2/c25-19-12-18(17-2-8-21-9-3-17)22-15-24(19)13-16-4-10-23(11-5-16)14-20(26)6-1-7-20/h2-3,8-9,12,15-16,26H,1,4-7,10-11,13-14H2. The van der Waals surface area contributed by atoms with E-state index in [0.29, 0.717) is 11.6 Å². The van der Waals surface area contributed by atoms with Crippen molar-refractivity contribution in [3.8, 4) is 11.3 Å². The molecular weight excluding hydrogens is 328 g/mol. The van der Waals surface area contributed by atoms with Gasteiger partial charge in [-0.2, -0.15) is 0 Å². The molecule has 2 fully saturated rings. The van der Waals surface area contributed by atoms with Gasteiger partial charge in [0.15, 0.2) is 0 Å². The third-order valence-electron chi connectivity index (χ3n) is 5.82. The molecular formula is C20H26N4O2. The van der Waals surface area contributed by atoms with Crippen LogP contribution in [0.2, 0.25) is 0 Å². The number of β-amino-alcohol motifs (C(OH)–C–C–N with tert-alkyl or cyclic N) is 1. The first-order valence-corrected chi connectivity index (χ1v) is 9.53. The summed E-state index contributed by atoms with van der Waals surface area (Å²) in [5, 5.41) is 10.3. The highest BCUT2D eigenvalue weighted by atomic mass is 16.3. The van der Waals surface area contributed by atoms with Crippen LogP contribution in [0.25, 0.3) is 11.3 Å². The summed E-state index contributed by atoms with van der Waals surface area (Å²) in [7, 11) is 0. The largest absolute Gasteiger partial charge is 0.389 e. The average molecular weight is 354 g/mol. The Kier molecular flexibility index (Phi) is 4.87. The lowest BCUT2D eigenvalue weighted by molar-refractivity contribution is -0.0639. The maximum atomic E-state index is 12.4. The Morgan fingerprint density at radius 3 is 2.54 bits per heavy atom. The van der Waals surface area contributed by atoms with Crippen LogP contribution in [-0.2, 0) is 6.54 Å². The third kappa shape index (κ3) is 3.86. The van der Waals surface area contributed by atoms with Crippen molar-refractivity contribution in [1.82, 2.24) is 19.4 Å². The van der Waals surface area contributed by atoms with Gasteiger partial charge in [-0.25, -0.2) is 4.98 Å². The number of pyridine rings is 1. The van der Waals surface area contributed by atoms with Gasteiger partial charge in [0.05, 0.1) is 17.6 Å². The summed E-state index contributed by atoms with van der Waals surface area (Å²) in [5.74, 6) is 0.494. The summed E-state index contributed by atoms with van der Waals surface area (Å²) >= 11 is 0. The molecule has 2 aromatic heterocycles. The van der Waals surface area contributed by atoms with Crippen molar-refractivity contribution in [1.29, 1.82) is 0 Å². The molecule has 1 saturated heterocycles. The van der Waals surface area contributed by atoms with Gasteiger partial charge in [0.25, 0.3) is 5.56 Å². The smallest absolute Gasteiger partial charge is 0.253 e. The highest BCUT2D eigenvalue weighted by Gasteiger charge is 2.36. The van der Waals surface area contributed by atoms with Gasteiger partial charge in [0.1, 0.15) is 0 Å². The zero-order valence-corrected chi connectivity index (χ0v) is 15.0. The second-order valence-electron chi connectivity index (χ2n) is 7.80. The summed E-state index contributed by atoms with van der Waals surface area (Å²) in [4.78, 5) is 23.3. The zero-order valence-electron chi connectivity index (χ0n) is 15.0. The van der Waals surface area contributed by atoms with E-state index in [4.69, 9.17) is 0 Å². The maximum absolute atomic E-state index is 12.4. The van der Waals surface area contributed by atoms with Crippen LogP contribution in [0.1, 0.15) is 32.1 Å². The van der Waals surface area contributed by atoms with Crippen LogP contribution in [0.4, 0.5) is 0 Å². The highest BCUT2D eigenvalue weighted by Crippen LogP contribution is 2.33. The molecule has 0 spiro atoms. The van der Waals surface area contributed by atoms with Crippen molar-refractivity contribution in [3.63, 3.8) is 0 Å². The number of aromatic nitrogens is 3. The fraction of sp³-hybridized carbons (Fsp3) is 0.550. The van der Waals surface area contributed by atoms with Crippen LogP contribution < -0.4 is 5.56 Å². The van der Waals surface area contributed by atoms with Crippen LogP contribution >= 0.6 is 0 Å². The molecule has 6 heteroatoms. The second-order valence-corrected chi connectivity index (χ2v) is 7.80. The van der Waals surface area contributed by atoms with Crippen LogP contribution in [-0.4, -0.2) is 49.8 Å². The topological polar surface area (TPSA) is 71.2 Å². The van der Waals surface area contributed by atoms with Gasteiger partial charge >= 0.3 is 0 Å². The van der Waals surface area contributed by atoms with E-state index >= 15 is 0 Å². The Morgan fingerprint density at radius 2 is 1.92 bits per heavy atom. The lowest BCUT2D eigenvalue weighted by Gasteiger charge is -2.42. The minimum absolute atomic E-state index is 0.00183. The number of hydrogen-bond acceptors (Lipinski definition) is 5. The molecule has 3 heterocycles. The highest BCUT2D eigenvalue weighted by molar-refractivity contribution is 5.57. The molecule has 0 radical (unpaired) electrons. The number of piperidine rings is 1. The number of nitrogens with zero attached hydrogens (tertiary/aromatic N) is 4. The first-order valence-electron chi connectivity index (χ1n) is 9.53. The summed E-state index contributed by atoms with van der Waals surface area (Å²) in [6.45, 7) is 3.54. The van der Waals surface area contributed by atoms with Gasteiger partial charge in [-0.3, -0.25) is 14.3 Å². The summed E-state index contributed by atoms with van der Waals surface area (Å²) in [5.41, 5.74) is 1.16.